The maximum absolute atomic E-state index is 13.9. The molecule has 0 heterocycles. The predicted octanol–water partition coefficient (Wildman–Crippen LogP) is 5.76. The lowest BCUT2D eigenvalue weighted by Crippen LogP contribution is -2.41. The van der Waals surface area contributed by atoms with Gasteiger partial charge in [0.05, 0.1) is 12.7 Å². The number of hydrogen-bond acceptors (Lipinski definition) is 5. The number of carbonyl (C=O) groups excluding carboxylic acids is 2. The molecule has 0 saturated heterocycles. The molecule has 0 aliphatic rings. The van der Waals surface area contributed by atoms with Crippen LogP contribution in [-0.4, -0.2) is 60.7 Å². The molecular formula is C35H45F2N3O4. The van der Waals surface area contributed by atoms with Gasteiger partial charge < -0.3 is 25.4 Å². The zero-order chi connectivity index (χ0) is 31.9. The first-order chi connectivity index (χ1) is 21.2. The number of rotatable bonds is 18. The molecule has 0 radical (unpaired) electrons. The van der Waals surface area contributed by atoms with Crippen LogP contribution in [0.5, 0.6) is 5.75 Å². The minimum Gasteiger partial charge on any atom is -0.494 e. The third kappa shape index (κ3) is 11.0. The summed E-state index contributed by atoms with van der Waals surface area (Å²) in [6.45, 7) is 8.67. The van der Waals surface area contributed by atoms with Gasteiger partial charge >= 0.3 is 0 Å². The second-order valence-corrected chi connectivity index (χ2v) is 11.0. The first kappa shape index (κ1) is 34.7. The lowest BCUT2D eigenvalue weighted by atomic mass is 9.93. The summed E-state index contributed by atoms with van der Waals surface area (Å²) < 4.78 is 33.6. The monoisotopic (exact) mass is 609 g/mol. The quantitative estimate of drug-likeness (QED) is 0.171. The Morgan fingerprint density at radius 3 is 2.20 bits per heavy atom. The number of benzene rings is 3. The fourth-order valence-electron chi connectivity index (χ4n) is 5.03. The van der Waals surface area contributed by atoms with Crippen molar-refractivity contribution in [3.05, 3.63) is 101 Å². The van der Waals surface area contributed by atoms with Gasteiger partial charge in [0.25, 0.3) is 11.8 Å². The van der Waals surface area contributed by atoms with E-state index in [1.165, 1.54) is 12.1 Å². The van der Waals surface area contributed by atoms with Crippen molar-refractivity contribution in [3.63, 3.8) is 0 Å². The van der Waals surface area contributed by atoms with Crippen LogP contribution in [0.15, 0.2) is 66.7 Å². The van der Waals surface area contributed by atoms with Gasteiger partial charge in [-0.1, -0.05) is 39.0 Å². The molecule has 238 valence electrons. The van der Waals surface area contributed by atoms with Gasteiger partial charge in [0, 0.05) is 55.8 Å². The van der Waals surface area contributed by atoms with Gasteiger partial charge in [0.1, 0.15) is 17.4 Å². The van der Waals surface area contributed by atoms with Crippen molar-refractivity contribution in [2.75, 3.05) is 32.8 Å². The van der Waals surface area contributed by atoms with Gasteiger partial charge in [-0.2, -0.15) is 0 Å². The van der Waals surface area contributed by atoms with Crippen molar-refractivity contribution in [2.24, 2.45) is 5.92 Å². The minimum atomic E-state index is -0.939. The number of aliphatic hydroxyl groups excluding tert-OH is 1. The Labute approximate surface area is 259 Å². The zero-order valence-corrected chi connectivity index (χ0v) is 26.0. The van der Waals surface area contributed by atoms with E-state index in [-0.39, 0.29) is 25.4 Å². The molecule has 3 aromatic rings. The molecule has 0 bridgehead atoms. The van der Waals surface area contributed by atoms with E-state index >= 15 is 0 Å². The molecule has 2 atom stereocenters. The van der Waals surface area contributed by atoms with Crippen LogP contribution in [-0.2, 0) is 13.0 Å². The van der Waals surface area contributed by atoms with E-state index in [0.717, 1.165) is 36.6 Å². The lowest BCUT2D eigenvalue weighted by molar-refractivity contribution is 0.0755. The van der Waals surface area contributed by atoms with Gasteiger partial charge in [-0.15, -0.1) is 0 Å². The normalized spacial score (nSPS) is 12.4. The highest BCUT2D eigenvalue weighted by Crippen LogP contribution is 2.18. The summed E-state index contributed by atoms with van der Waals surface area (Å²) in [4.78, 5) is 28.0. The van der Waals surface area contributed by atoms with Crippen LogP contribution in [0.25, 0.3) is 0 Å². The van der Waals surface area contributed by atoms with E-state index in [9.17, 15) is 23.5 Å². The van der Waals surface area contributed by atoms with E-state index in [2.05, 4.69) is 10.6 Å². The second-order valence-electron chi connectivity index (χ2n) is 11.0. The Balaban J connectivity index is 1.68. The summed E-state index contributed by atoms with van der Waals surface area (Å²) in [6, 6.07) is 17.5. The lowest BCUT2D eigenvalue weighted by Gasteiger charge is -2.24. The molecule has 44 heavy (non-hydrogen) atoms. The Kier molecular flexibility index (Phi) is 14.3. The molecule has 0 aromatic heterocycles. The van der Waals surface area contributed by atoms with Crippen molar-refractivity contribution >= 4 is 11.8 Å². The Morgan fingerprint density at radius 1 is 0.841 bits per heavy atom. The minimum absolute atomic E-state index is 0.0517. The summed E-state index contributed by atoms with van der Waals surface area (Å²) >= 11 is 0. The fraction of sp³-hybridized carbons (Fsp3) is 0.429. The Bertz CT molecular complexity index is 1330. The van der Waals surface area contributed by atoms with E-state index in [1.54, 1.807) is 29.2 Å². The van der Waals surface area contributed by atoms with Crippen molar-refractivity contribution in [2.45, 2.75) is 59.1 Å². The van der Waals surface area contributed by atoms with E-state index in [1.807, 2.05) is 45.0 Å². The highest BCUT2D eigenvalue weighted by molar-refractivity contribution is 5.99. The summed E-state index contributed by atoms with van der Waals surface area (Å²) in [6.07, 6.45) is 1.77. The number of halogens is 2. The van der Waals surface area contributed by atoms with Gasteiger partial charge in [-0.3, -0.25) is 9.59 Å². The standard InChI is InChI=1S/C35H45F2N3O4/c1-4-13-40(14-5-2)35(43)28-11-8-10-27(20-28)34(42)39-23-29(16-26-17-30(36)21-31(37)18-26)33(41)24-38-22-25-9-7-12-32(19-25)44-15-6-3/h7-12,17-21,29,33,38,41H,4-6,13-16,22-24H2,1-3H3,(H,39,42)/t29-,33-/m0/s1. The average molecular weight is 610 g/mol. The molecular weight excluding hydrogens is 564 g/mol. The first-order valence-electron chi connectivity index (χ1n) is 15.5. The first-order valence-corrected chi connectivity index (χ1v) is 15.5. The molecule has 0 fully saturated rings. The maximum atomic E-state index is 13.9. The maximum Gasteiger partial charge on any atom is 0.253 e. The average Bonchev–Trinajstić information content (AvgIpc) is 3.01. The Morgan fingerprint density at radius 2 is 1.52 bits per heavy atom. The van der Waals surface area contributed by atoms with Crippen LogP contribution in [0.3, 0.4) is 0 Å². The molecule has 0 saturated carbocycles. The summed E-state index contributed by atoms with van der Waals surface area (Å²) in [7, 11) is 0. The molecule has 0 spiro atoms. The van der Waals surface area contributed by atoms with Crippen molar-refractivity contribution < 1.29 is 28.2 Å². The molecule has 9 heteroatoms. The predicted molar refractivity (Wildman–Crippen MR) is 169 cm³/mol. The molecule has 7 nitrogen and oxygen atoms in total. The number of nitrogens with zero attached hydrogens (tertiary/aromatic N) is 1. The zero-order valence-electron chi connectivity index (χ0n) is 26.0. The van der Waals surface area contributed by atoms with E-state index in [4.69, 9.17) is 4.74 Å². The van der Waals surface area contributed by atoms with E-state index < -0.39 is 29.6 Å². The second kappa shape index (κ2) is 18.1. The topological polar surface area (TPSA) is 90.9 Å². The number of nitrogens with one attached hydrogen (secondary N) is 2. The summed E-state index contributed by atoms with van der Waals surface area (Å²) in [5.74, 6) is -1.73. The number of hydrogen-bond donors (Lipinski definition) is 3. The van der Waals surface area contributed by atoms with Crippen LogP contribution in [0.2, 0.25) is 0 Å². The molecule has 3 rings (SSSR count). The van der Waals surface area contributed by atoms with E-state index in [0.29, 0.717) is 42.9 Å². The van der Waals surface area contributed by atoms with Crippen LogP contribution >= 0.6 is 0 Å². The molecule has 0 unspecified atom stereocenters. The van der Waals surface area contributed by atoms with Gasteiger partial charge in [0.15, 0.2) is 0 Å². The SMILES string of the molecule is CCCOc1cccc(CNC[C@H](O)[C@H](CNC(=O)c2cccc(C(=O)N(CCC)CCC)c2)Cc2cc(F)cc(F)c2)c1. The van der Waals surface area contributed by atoms with Crippen LogP contribution in [0, 0.1) is 17.6 Å². The van der Waals surface area contributed by atoms with Crippen molar-refractivity contribution in [1.82, 2.24) is 15.5 Å². The Hall–Kier alpha value is -3.82. The number of carbonyl (C=O) groups is 2. The van der Waals surface area contributed by atoms with Crippen LogP contribution < -0.4 is 15.4 Å². The molecule has 2 amide bonds. The molecule has 3 N–H and O–H groups in total. The van der Waals surface area contributed by atoms with Gasteiger partial charge in [-0.05, 0) is 79.3 Å². The molecule has 0 aliphatic heterocycles. The summed E-state index contributed by atoms with van der Waals surface area (Å²) in [5, 5.41) is 17.2. The third-order valence-corrected chi connectivity index (χ3v) is 7.19. The fourth-order valence-corrected chi connectivity index (χ4v) is 5.03. The molecule has 0 aliphatic carbocycles. The highest BCUT2D eigenvalue weighted by Gasteiger charge is 2.22. The van der Waals surface area contributed by atoms with Crippen molar-refractivity contribution in [3.8, 4) is 5.75 Å². The highest BCUT2D eigenvalue weighted by atomic mass is 19.1. The number of ether oxygens (including phenoxy) is 1. The van der Waals surface area contributed by atoms with Crippen LogP contribution in [0.4, 0.5) is 8.78 Å². The van der Waals surface area contributed by atoms with Crippen molar-refractivity contribution in [1.29, 1.82) is 0 Å². The van der Waals surface area contributed by atoms with Gasteiger partial charge in [0.2, 0.25) is 0 Å². The van der Waals surface area contributed by atoms with Crippen LogP contribution in [0.1, 0.15) is 71.9 Å². The number of amides is 2. The third-order valence-electron chi connectivity index (χ3n) is 7.19. The van der Waals surface area contributed by atoms with Gasteiger partial charge in [-0.25, -0.2) is 8.78 Å². The largest absolute Gasteiger partial charge is 0.494 e. The number of aliphatic hydroxyl groups is 1. The smallest absolute Gasteiger partial charge is 0.253 e. The molecule has 3 aromatic carbocycles. The summed E-state index contributed by atoms with van der Waals surface area (Å²) in [5.41, 5.74) is 2.10.